The Bertz CT molecular complexity index is 776. The molecule has 4 heteroatoms. The maximum absolute atomic E-state index is 12.4. The maximum Gasteiger partial charge on any atom is 0.259 e. The molecule has 0 saturated heterocycles. The molecule has 0 bridgehead atoms. The van der Waals surface area contributed by atoms with Crippen molar-refractivity contribution in [2.24, 2.45) is 0 Å². The fourth-order valence-corrected chi connectivity index (χ4v) is 2.93. The van der Waals surface area contributed by atoms with E-state index < -0.39 is 0 Å². The first-order chi connectivity index (χ1) is 11.6. The highest BCUT2D eigenvalue weighted by Gasteiger charge is 2.31. The van der Waals surface area contributed by atoms with Gasteiger partial charge in [0.2, 0.25) is 5.91 Å². The number of rotatable bonds is 5. The molecule has 0 spiro atoms. The number of benzene rings is 2. The highest BCUT2D eigenvalue weighted by Crippen LogP contribution is 2.30. The third-order valence-electron chi connectivity index (χ3n) is 4.32. The molecule has 0 fully saturated rings. The van der Waals surface area contributed by atoms with Crippen LogP contribution in [0.4, 0.5) is 0 Å². The highest BCUT2D eigenvalue weighted by molar-refractivity contribution is 6.10. The topological polar surface area (TPSA) is 49.4 Å². The smallest absolute Gasteiger partial charge is 0.259 e. The minimum atomic E-state index is -0.175. The molecule has 2 amide bonds. The molecule has 1 aliphatic heterocycles. The average molecular weight is 320 g/mol. The Kier molecular flexibility index (Phi) is 4.47. The van der Waals surface area contributed by atoms with Gasteiger partial charge in [0, 0.05) is 23.4 Å². The van der Waals surface area contributed by atoms with Crippen molar-refractivity contribution in [3.63, 3.8) is 0 Å². The average Bonchev–Trinajstić information content (AvgIpc) is 2.82. The molecule has 1 aliphatic rings. The summed E-state index contributed by atoms with van der Waals surface area (Å²) in [5.41, 5.74) is 4.42. The van der Waals surface area contributed by atoms with Crippen molar-refractivity contribution in [1.82, 2.24) is 10.2 Å². The van der Waals surface area contributed by atoms with Gasteiger partial charge < -0.3 is 5.32 Å². The van der Waals surface area contributed by atoms with Crippen LogP contribution in [0.1, 0.15) is 27.0 Å². The Labute approximate surface area is 141 Å². The summed E-state index contributed by atoms with van der Waals surface area (Å²) >= 11 is 0. The molecule has 0 radical (unpaired) electrons. The molecule has 24 heavy (non-hydrogen) atoms. The van der Waals surface area contributed by atoms with E-state index in [-0.39, 0.29) is 18.4 Å². The van der Waals surface area contributed by atoms with Gasteiger partial charge in [-0.25, -0.2) is 0 Å². The minimum Gasteiger partial charge on any atom is -0.354 e. The van der Waals surface area contributed by atoms with Gasteiger partial charge in [0.25, 0.3) is 5.91 Å². The summed E-state index contributed by atoms with van der Waals surface area (Å²) in [5, 5.41) is 2.88. The number of carbonyl (C=O) groups excluding carboxylic acids is 2. The SMILES string of the molecule is C=C1c2ccccc2C(=O)N1CC(=O)NCCc1ccccc1C. The molecule has 122 valence electrons. The molecule has 0 aliphatic carbocycles. The van der Waals surface area contributed by atoms with Crippen LogP contribution in [0.5, 0.6) is 0 Å². The zero-order valence-electron chi connectivity index (χ0n) is 13.7. The van der Waals surface area contributed by atoms with E-state index in [1.807, 2.05) is 30.3 Å². The van der Waals surface area contributed by atoms with Gasteiger partial charge in [-0.15, -0.1) is 0 Å². The van der Waals surface area contributed by atoms with Crippen molar-refractivity contribution >= 4 is 17.5 Å². The van der Waals surface area contributed by atoms with Gasteiger partial charge in [0.05, 0.1) is 0 Å². The quantitative estimate of drug-likeness (QED) is 0.921. The van der Waals surface area contributed by atoms with Crippen molar-refractivity contribution in [3.05, 3.63) is 77.4 Å². The second-order valence-corrected chi connectivity index (χ2v) is 5.91. The van der Waals surface area contributed by atoms with Crippen molar-refractivity contribution in [2.45, 2.75) is 13.3 Å². The number of nitrogens with zero attached hydrogens (tertiary/aromatic N) is 1. The van der Waals surface area contributed by atoms with E-state index in [4.69, 9.17) is 0 Å². The van der Waals surface area contributed by atoms with Crippen LogP contribution in [-0.4, -0.2) is 29.8 Å². The molecule has 1 N–H and O–H groups in total. The number of hydrogen-bond donors (Lipinski definition) is 1. The standard InChI is InChI=1S/C20H20N2O2/c1-14-7-3-4-8-16(14)11-12-21-19(23)13-22-15(2)17-9-5-6-10-18(17)20(22)24/h3-10H,2,11-13H2,1H3,(H,21,23). The van der Waals surface area contributed by atoms with Gasteiger partial charge in [-0.2, -0.15) is 0 Å². The second kappa shape index (κ2) is 6.71. The van der Waals surface area contributed by atoms with Gasteiger partial charge >= 0.3 is 0 Å². The zero-order chi connectivity index (χ0) is 17.1. The van der Waals surface area contributed by atoms with Gasteiger partial charge in [0.1, 0.15) is 6.54 Å². The summed E-state index contributed by atoms with van der Waals surface area (Å²) in [6.45, 7) is 6.55. The third-order valence-corrected chi connectivity index (χ3v) is 4.32. The van der Waals surface area contributed by atoms with Crippen molar-refractivity contribution in [1.29, 1.82) is 0 Å². The molecular weight excluding hydrogens is 300 g/mol. The number of carbonyl (C=O) groups is 2. The van der Waals surface area contributed by atoms with E-state index in [1.54, 1.807) is 6.07 Å². The Morgan fingerprint density at radius 1 is 1.08 bits per heavy atom. The normalized spacial score (nSPS) is 13.1. The summed E-state index contributed by atoms with van der Waals surface area (Å²) in [6.07, 6.45) is 0.771. The predicted molar refractivity (Wildman–Crippen MR) is 94.4 cm³/mol. The number of hydrogen-bond acceptors (Lipinski definition) is 2. The van der Waals surface area contributed by atoms with Gasteiger partial charge in [0.15, 0.2) is 0 Å². The Morgan fingerprint density at radius 3 is 2.46 bits per heavy atom. The van der Waals surface area contributed by atoms with E-state index in [1.165, 1.54) is 16.0 Å². The van der Waals surface area contributed by atoms with E-state index in [2.05, 4.69) is 31.0 Å². The summed E-state index contributed by atoms with van der Waals surface area (Å²) in [5.74, 6) is -0.337. The largest absolute Gasteiger partial charge is 0.354 e. The number of fused-ring (bicyclic) bond motifs is 1. The Morgan fingerprint density at radius 2 is 1.75 bits per heavy atom. The molecular formula is C20H20N2O2. The van der Waals surface area contributed by atoms with Crippen LogP contribution in [0.15, 0.2) is 55.1 Å². The van der Waals surface area contributed by atoms with Crippen LogP contribution >= 0.6 is 0 Å². The lowest BCUT2D eigenvalue weighted by Crippen LogP contribution is -2.37. The second-order valence-electron chi connectivity index (χ2n) is 5.91. The van der Waals surface area contributed by atoms with Crippen molar-refractivity contribution in [2.75, 3.05) is 13.1 Å². The van der Waals surface area contributed by atoms with Crippen LogP contribution in [0.2, 0.25) is 0 Å². The Hall–Kier alpha value is -2.88. The maximum atomic E-state index is 12.4. The van der Waals surface area contributed by atoms with Crippen molar-refractivity contribution in [3.8, 4) is 0 Å². The third kappa shape index (κ3) is 3.08. The molecule has 0 unspecified atom stereocenters. The van der Waals surface area contributed by atoms with Crippen LogP contribution in [0.3, 0.4) is 0 Å². The fourth-order valence-electron chi connectivity index (χ4n) is 2.93. The van der Waals surface area contributed by atoms with E-state index in [0.29, 0.717) is 17.8 Å². The van der Waals surface area contributed by atoms with E-state index in [0.717, 1.165) is 12.0 Å². The summed E-state index contributed by atoms with van der Waals surface area (Å²) in [7, 11) is 0. The van der Waals surface area contributed by atoms with Gasteiger partial charge in [-0.05, 0) is 30.5 Å². The zero-order valence-corrected chi connectivity index (χ0v) is 13.7. The number of aryl methyl sites for hydroxylation is 1. The van der Waals surface area contributed by atoms with Gasteiger partial charge in [-0.1, -0.05) is 49.0 Å². The number of amides is 2. The Balaban J connectivity index is 1.56. The van der Waals surface area contributed by atoms with Crippen LogP contribution in [0.25, 0.3) is 5.70 Å². The number of nitrogens with one attached hydrogen (secondary N) is 1. The van der Waals surface area contributed by atoms with Crippen molar-refractivity contribution < 1.29 is 9.59 Å². The summed E-state index contributed by atoms with van der Waals surface area (Å²) in [6, 6.07) is 15.4. The van der Waals surface area contributed by atoms with Gasteiger partial charge in [-0.3, -0.25) is 14.5 Å². The molecule has 0 aromatic heterocycles. The first kappa shape index (κ1) is 16.0. The van der Waals surface area contributed by atoms with Crippen LogP contribution in [0, 0.1) is 6.92 Å². The minimum absolute atomic E-state index is 0.000118. The molecule has 2 aromatic rings. The lowest BCUT2D eigenvalue weighted by molar-refractivity contribution is -0.121. The van der Waals surface area contributed by atoms with Crippen LogP contribution < -0.4 is 5.32 Å². The molecule has 0 saturated carbocycles. The van der Waals surface area contributed by atoms with Crippen LogP contribution in [-0.2, 0) is 11.2 Å². The van der Waals surface area contributed by atoms with E-state index >= 15 is 0 Å². The molecule has 1 heterocycles. The molecule has 3 rings (SSSR count). The van der Waals surface area contributed by atoms with E-state index in [9.17, 15) is 9.59 Å². The monoisotopic (exact) mass is 320 g/mol. The fraction of sp³-hybridized carbons (Fsp3) is 0.200. The highest BCUT2D eigenvalue weighted by atomic mass is 16.2. The summed E-state index contributed by atoms with van der Waals surface area (Å²) in [4.78, 5) is 26.0. The first-order valence-electron chi connectivity index (χ1n) is 7.99. The molecule has 4 nitrogen and oxygen atoms in total. The predicted octanol–water partition coefficient (Wildman–Crippen LogP) is 2.78. The molecule has 0 atom stereocenters. The summed E-state index contributed by atoms with van der Waals surface area (Å²) < 4.78 is 0. The molecule has 2 aromatic carbocycles. The lowest BCUT2D eigenvalue weighted by atomic mass is 10.1. The lowest BCUT2D eigenvalue weighted by Gasteiger charge is -2.17. The first-order valence-corrected chi connectivity index (χ1v) is 7.99.